The summed E-state index contributed by atoms with van der Waals surface area (Å²) in [5.41, 5.74) is 1.99. The van der Waals surface area contributed by atoms with Gasteiger partial charge in [-0.1, -0.05) is 20.8 Å². The first-order chi connectivity index (χ1) is 11.9. The minimum absolute atomic E-state index is 0.139. The average Bonchev–Trinajstić information content (AvgIpc) is 3.18. The summed E-state index contributed by atoms with van der Waals surface area (Å²) in [5, 5.41) is 3.95. The van der Waals surface area contributed by atoms with Crippen LogP contribution in [-0.2, 0) is 5.41 Å². The van der Waals surface area contributed by atoms with E-state index >= 15 is 0 Å². The molecule has 0 unspecified atom stereocenters. The summed E-state index contributed by atoms with van der Waals surface area (Å²) in [6.45, 7) is 6.16. The number of aromatic nitrogens is 2. The summed E-state index contributed by atoms with van der Waals surface area (Å²) in [6, 6.07) is 9.27. The maximum atomic E-state index is 12.5. The lowest BCUT2D eigenvalue weighted by atomic mass is 9.97. The second-order valence-corrected chi connectivity index (χ2v) is 8.01. The Hall–Kier alpha value is -2.73. The summed E-state index contributed by atoms with van der Waals surface area (Å²) in [6.07, 6.45) is 3.49. The minimum Gasteiger partial charge on any atom is -0.440 e. The first kappa shape index (κ1) is 15.8. The quantitative estimate of drug-likeness (QED) is 0.552. The van der Waals surface area contributed by atoms with Crippen molar-refractivity contribution in [2.24, 2.45) is 0 Å². The molecule has 0 saturated heterocycles. The van der Waals surface area contributed by atoms with E-state index in [2.05, 4.69) is 36.1 Å². The standard InChI is InChI=1S/C19H17N3O2S/c1-19(2,3)18-22-13-9-12(4-5-14(13)24-18)21-17(23)15-8-11-6-7-20-10-16(11)25-15/h4-10H,1-3H3,(H,21,23). The SMILES string of the molecule is CC(C)(C)c1nc2cc(NC(=O)c3cc4ccncc4s3)ccc2o1. The predicted molar refractivity (Wildman–Crippen MR) is 100 cm³/mol. The number of oxazole rings is 1. The second kappa shape index (κ2) is 5.67. The third-order valence-corrected chi connectivity index (χ3v) is 4.92. The van der Waals surface area contributed by atoms with Crippen LogP contribution in [0.2, 0.25) is 0 Å². The molecular formula is C19H17N3O2S. The summed E-state index contributed by atoms with van der Waals surface area (Å²) in [5.74, 6) is 0.545. The van der Waals surface area contributed by atoms with Crippen LogP contribution in [-0.4, -0.2) is 15.9 Å². The topological polar surface area (TPSA) is 68.0 Å². The number of rotatable bonds is 2. The van der Waals surface area contributed by atoms with Crippen LogP contribution in [0, 0.1) is 0 Å². The number of nitrogens with zero attached hydrogens (tertiary/aromatic N) is 2. The number of hydrogen-bond acceptors (Lipinski definition) is 5. The van der Waals surface area contributed by atoms with Crippen LogP contribution >= 0.6 is 11.3 Å². The summed E-state index contributed by atoms with van der Waals surface area (Å²) in [4.78, 5) is 21.8. The Kier molecular flexibility index (Phi) is 3.58. The van der Waals surface area contributed by atoms with E-state index < -0.39 is 0 Å². The van der Waals surface area contributed by atoms with Crippen molar-refractivity contribution >= 4 is 44.1 Å². The van der Waals surface area contributed by atoms with Crippen LogP contribution in [0.4, 0.5) is 5.69 Å². The molecular weight excluding hydrogens is 334 g/mol. The molecule has 4 aromatic rings. The van der Waals surface area contributed by atoms with Crippen LogP contribution in [0.15, 0.2) is 47.1 Å². The highest BCUT2D eigenvalue weighted by molar-refractivity contribution is 7.20. The molecule has 4 rings (SSSR count). The van der Waals surface area contributed by atoms with E-state index in [1.165, 1.54) is 11.3 Å². The molecule has 126 valence electrons. The fraction of sp³-hybridized carbons (Fsp3) is 0.211. The molecule has 0 fully saturated rings. The lowest BCUT2D eigenvalue weighted by Crippen LogP contribution is -2.11. The number of carbonyl (C=O) groups excluding carboxylic acids is 1. The Balaban J connectivity index is 1.62. The van der Waals surface area contributed by atoms with Gasteiger partial charge in [-0.2, -0.15) is 0 Å². The minimum atomic E-state index is -0.159. The molecule has 3 aromatic heterocycles. The maximum absolute atomic E-state index is 12.5. The number of nitrogens with one attached hydrogen (secondary N) is 1. The zero-order chi connectivity index (χ0) is 17.6. The summed E-state index contributed by atoms with van der Waals surface area (Å²) >= 11 is 1.43. The fourth-order valence-electron chi connectivity index (χ4n) is 2.51. The molecule has 0 spiro atoms. The number of amides is 1. The lowest BCUT2D eigenvalue weighted by molar-refractivity contribution is 0.103. The third kappa shape index (κ3) is 3.00. The normalized spacial score (nSPS) is 12.0. The van der Waals surface area contributed by atoms with E-state index in [4.69, 9.17) is 4.42 Å². The van der Waals surface area contributed by atoms with Crippen molar-refractivity contribution < 1.29 is 9.21 Å². The molecule has 6 heteroatoms. The number of anilines is 1. The second-order valence-electron chi connectivity index (χ2n) is 6.93. The van der Waals surface area contributed by atoms with Gasteiger partial charge in [-0.05, 0) is 35.7 Å². The van der Waals surface area contributed by atoms with Gasteiger partial charge in [-0.15, -0.1) is 11.3 Å². The average molecular weight is 351 g/mol. The van der Waals surface area contributed by atoms with E-state index in [0.717, 1.165) is 21.2 Å². The van der Waals surface area contributed by atoms with Gasteiger partial charge in [0.05, 0.1) is 9.58 Å². The van der Waals surface area contributed by atoms with Gasteiger partial charge in [0.1, 0.15) is 5.52 Å². The van der Waals surface area contributed by atoms with Crippen molar-refractivity contribution in [3.63, 3.8) is 0 Å². The van der Waals surface area contributed by atoms with Gasteiger partial charge in [-0.3, -0.25) is 9.78 Å². The molecule has 0 saturated carbocycles. The maximum Gasteiger partial charge on any atom is 0.265 e. The molecule has 0 atom stereocenters. The van der Waals surface area contributed by atoms with E-state index in [9.17, 15) is 4.79 Å². The molecule has 1 N–H and O–H groups in total. The Morgan fingerprint density at radius 2 is 2.04 bits per heavy atom. The Morgan fingerprint density at radius 3 is 2.80 bits per heavy atom. The molecule has 3 heterocycles. The number of hydrogen-bond donors (Lipinski definition) is 1. The smallest absolute Gasteiger partial charge is 0.265 e. The third-order valence-electron chi connectivity index (χ3n) is 3.83. The van der Waals surface area contributed by atoms with E-state index in [0.29, 0.717) is 16.5 Å². The molecule has 0 aliphatic heterocycles. The molecule has 25 heavy (non-hydrogen) atoms. The van der Waals surface area contributed by atoms with E-state index in [1.54, 1.807) is 12.4 Å². The van der Waals surface area contributed by atoms with Crippen LogP contribution in [0.25, 0.3) is 21.2 Å². The molecule has 1 amide bonds. The molecule has 0 aliphatic carbocycles. The number of thiophene rings is 1. The van der Waals surface area contributed by atoms with E-state index in [1.807, 2.05) is 30.3 Å². The van der Waals surface area contributed by atoms with Gasteiger partial charge in [0.25, 0.3) is 5.91 Å². The van der Waals surface area contributed by atoms with Crippen LogP contribution in [0.1, 0.15) is 36.3 Å². The zero-order valence-corrected chi connectivity index (χ0v) is 15.0. The van der Waals surface area contributed by atoms with Gasteiger partial charge >= 0.3 is 0 Å². The van der Waals surface area contributed by atoms with Crippen molar-refractivity contribution in [2.45, 2.75) is 26.2 Å². The van der Waals surface area contributed by atoms with Gasteiger partial charge in [-0.25, -0.2) is 4.98 Å². The first-order valence-electron chi connectivity index (χ1n) is 7.96. The number of benzene rings is 1. The highest BCUT2D eigenvalue weighted by Crippen LogP contribution is 2.28. The van der Waals surface area contributed by atoms with Crippen molar-refractivity contribution in [1.29, 1.82) is 0 Å². The Morgan fingerprint density at radius 1 is 1.20 bits per heavy atom. The van der Waals surface area contributed by atoms with Crippen LogP contribution in [0.3, 0.4) is 0 Å². The fourth-order valence-corrected chi connectivity index (χ4v) is 3.44. The van der Waals surface area contributed by atoms with Gasteiger partial charge in [0.2, 0.25) is 5.89 Å². The highest BCUT2D eigenvalue weighted by Gasteiger charge is 2.21. The Bertz CT molecular complexity index is 1060. The largest absolute Gasteiger partial charge is 0.440 e. The van der Waals surface area contributed by atoms with E-state index in [-0.39, 0.29) is 11.3 Å². The number of carbonyl (C=O) groups is 1. The predicted octanol–water partition coefficient (Wildman–Crippen LogP) is 4.99. The molecule has 1 aromatic carbocycles. The van der Waals surface area contributed by atoms with Gasteiger partial charge in [0, 0.05) is 23.5 Å². The lowest BCUT2D eigenvalue weighted by Gasteiger charge is -2.11. The highest BCUT2D eigenvalue weighted by atomic mass is 32.1. The molecule has 5 nitrogen and oxygen atoms in total. The number of fused-ring (bicyclic) bond motifs is 2. The Labute approximate surface area is 148 Å². The molecule has 0 radical (unpaired) electrons. The van der Waals surface area contributed by atoms with Crippen molar-refractivity contribution in [2.75, 3.05) is 5.32 Å². The molecule has 0 bridgehead atoms. The van der Waals surface area contributed by atoms with Crippen LogP contribution in [0.5, 0.6) is 0 Å². The zero-order valence-electron chi connectivity index (χ0n) is 14.2. The van der Waals surface area contributed by atoms with Gasteiger partial charge < -0.3 is 9.73 Å². The first-order valence-corrected chi connectivity index (χ1v) is 8.78. The summed E-state index contributed by atoms with van der Waals surface area (Å²) in [7, 11) is 0. The van der Waals surface area contributed by atoms with Crippen LogP contribution < -0.4 is 5.32 Å². The summed E-state index contributed by atoms with van der Waals surface area (Å²) < 4.78 is 6.78. The monoisotopic (exact) mass is 351 g/mol. The van der Waals surface area contributed by atoms with Crippen molar-refractivity contribution in [3.05, 3.63) is 53.5 Å². The number of pyridine rings is 1. The molecule has 0 aliphatic rings. The van der Waals surface area contributed by atoms with Crippen molar-refractivity contribution in [1.82, 2.24) is 9.97 Å². The van der Waals surface area contributed by atoms with Crippen molar-refractivity contribution in [3.8, 4) is 0 Å². The van der Waals surface area contributed by atoms with Gasteiger partial charge in [0.15, 0.2) is 5.58 Å².